The van der Waals surface area contributed by atoms with Crippen LogP contribution in [0, 0.1) is 0 Å². The standard InChI is InChI=1S/C21H23ClN4O5S2/c1-30-16-9-6-14(7-10-16)20-24-25-21(32-20)23-19(27)5-4-12-26(33(3,28)29)15-8-11-18(31-2)17(22)13-15/h6-11,13H,4-5,12H2,1-3H3,(H,23,25,27). The van der Waals surface area contributed by atoms with Crippen LogP contribution >= 0.6 is 22.9 Å². The van der Waals surface area contributed by atoms with Gasteiger partial charge in [-0.1, -0.05) is 22.9 Å². The summed E-state index contributed by atoms with van der Waals surface area (Å²) in [7, 11) is -0.500. The number of nitrogens with one attached hydrogen (secondary N) is 1. The number of anilines is 2. The van der Waals surface area contributed by atoms with Crippen molar-refractivity contribution in [3.05, 3.63) is 47.5 Å². The van der Waals surface area contributed by atoms with E-state index in [0.717, 1.165) is 17.6 Å². The Morgan fingerprint density at radius 1 is 1.12 bits per heavy atom. The summed E-state index contributed by atoms with van der Waals surface area (Å²) in [5, 5.41) is 12.1. The average molecular weight is 511 g/mol. The van der Waals surface area contributed by atoms with Crippen LogP contribution in [0.25, 0.3) is 10.6 Å². The Morgan fingerprint density at radius 2 is 1.85 bits per heavy atom. The number of carbonyl (C=O) groups is 1. The smallest absolute Gasteiger partial charge is 0.232 e. The molecule has 176 valence electrons. The van der Waals surface area contributed by atoms with Crippen molar-refractivity contribution in [3.8, 4) is 22.1 Å². The Balaban J connectivity index is 1.58. The molecule has 1 aromatic heterocycles. The maximum absolute atomic E-state index is 12.4. The van der Waals surface area contributed by atoms with E-state index in [2.05, 4.69) is 15.5 Å². The molecule has 12 heteroatoms. The Morgan fingerprint density at radius 3 is 2.45 bits per heavy atom. The molecule has 0 radical (unpaired) electrons. The highest BCUT2D eigenvalue weighted by atomic mass is 35.5. The summed E-state index contributed by atoms with van der Waals surface area (Å²) in [6.07, 6.45) is 1.51. The van der Waals surface area contributed by atoms with E-state index >= 15 is 0 Å². The van der Waals surface area contributed by atoms with Crippen LogP contribution in [-0.4, -0.2) is 51.5 Å². The first-order chi connectivity index (χ1) is 15.7. The quantitative estimate of drug-likeness (QED) is 0.437. The van der Waals surface area contributed by atoms with Crippen LogP contribution < -0.4 is 19.1 Å². The molecule has 0 saturated heterocycles. The van der Waals surface area contributed by atoms with E-state index in [1.54, 1.807) is 19.2 Å². The predicted octanol–water partition coefficient (Wildman–Crippen LogP) is 4.06. The first kappa shape index (κ1) is 24.7. The highest BCUT2D eigenvalue weighted by molar-refractivity contribution is 7.92. The molecule has 0 atom stereocenters. The Labute approximate surface area is 201 Å². The molecule has 1 N–H and O–H groups in total. The maximum Gasteiger partial charge on any atom is 0.232 e. The zero-order valence-electron chi connectivity index (χ0n) is 18.2. The molecule has 0 spiro atoms. The fourth-order valence-electron chi connectivity index (χ4n) is 2.99. The van der Waals surface area contributed by atoms with Gasteiger partial charge in [0.25, 0.3) is 0 Å². The highest BCUT2D eigenvalue weighted by Crippen LogP contribution is 2.31. The van der Waals surface area contributed by atoms with Crippen molar-refractivity contribution >= 4 is 49.7 Å². The van der Waals surface area contributed by atoms with Crippen LogP contribution in [0.15, 0.2) is 42.5 Å². The lowest BCUT2D eigenvalue weighted by Crippen LogP contribution is -2.31. The summed E-state index contributed by atoms with van der Waals surface area (Å²) < 4.78 is 36.0. The van der Waals surface area contributed by atoms with Crippen molar-refractivity contribution in [3.63, 3.8) is 0 Å². The molecule has 1 amide bonds. The van der Waals surface area contributed by atoms with E-state index < -0.39 is 10.0 Å². The number of carbonyl (C=O) groups excluding carboxylic acids is 1. The number of rotatable bonds is 10. The van der Waals surface area contributed by atoms with E-state index in [1.165, 1.54) is 28.8 Å². The third kappa shape index (κ3) is 6.56. The molecule has 0 aliphatic rings. The second-order valence-corrected chi connectivity index (χ2v) is 10.2. The number of sulfonamides is 1. The number of methoxy groups -OCH3 is 2. The van der Waals surface area contributed by atoms with Gasteiger partial charge >= 0.3 is 0 Å². The first-order valence-electron chi connectivity index (χ1n) is 9.80. The molecule has 0 fully saturated rings. The van der Waals surface area contributed by atoms with Crippen molar-refractivity contribution in [2.75, 3.05) is 36.6 Å². The van der Waals surface area contributed by atoms with Gasteiger partial charge in [-0.05, 0) is 48.9 Å². The van der Waals surface area contributed by atoms with Crippen LogP contribution in [0.2, 0.25) is 5.02 Å². The minimum atomic E-state index is -3.57. The summed E-state index contributed by atoms with van der Waals surface area (Å²) in [6, 6.07) is 12.1. The number of aromatic nitrogens is 2. The van der Waals surface area contributed by atoms with Gasteiger partial charge in [0, 0.05) is 18.5 Å². The molecule has 9 nitrogen and oxygen atoms in total. The monoisotopic (exact) mass is 510 g/mol. The summed E-state index contributed by atoms with van der Waals surface area (Å²) >= 11 is 7.38. The summed E-state index contributed by atoms with van der Waals surface area (Å²) in [5.74, 6) is 0.893. The molecule has 0 bridgehead atoms. The van der Waals surface area contributed by atoms with Crippen molar-refractivity contribution in [1.82, 2.24) is 10.2 Å². The zero-order chi connectivity index (χ0) is 24.0. The molecule has 2 aromatic carbocycles. The SMILES string of the molecule is COc1ccc(-c2nnc(NC(=O)CCCN(c3ccc(OC)c(Cl)c3)S(C)(=O)=O)s2)cc1. The number of ether oxygens (including phenoxy) is 2. The second kappa shape index (κ2) is 10.8. The van der Waals surface area contributed by atoms with Gasteiger partial charge in [-0.25, -0.2) is 8.42 Å². The molecule has 1 heterocycles. The lowest BCUT2D eigenvalue weighted by Gasteiger charge is -2.23. The first-order valence-corrected chi connectivity index (χ1v) is 12.8. The Kier molecular flexibility index (Phi) is 8.11. The Bertz CT molecular complexity index is 1220. The van der Waals surface area contributed by atoms with Crippen molar-refractivity contribution in [2.24, 2.45) is 0 Å². The topological polar surface area (TPSA) is 111 Å². The van der Waals surface area contributed by atoms with Crippen molar-refractivity contribution in [2.45, 2.75) is 12.8 Å². The van der Waals surface area contributed by atoms with Crippen LogP contribution in [0.3, 0.4) is 0 Å². The molecular formula is C21H23ClN4O5S2. The van der Waals surface area contributed by atoms with Gasteiger partial charge in [-0.3, -0.25) is 9.10 Å². The molecule has 0 saturated carbocycles. The summed E-state index contributed by atoms with van der Waals surface area (Å²) in [4.78, 5) is 12.4. The van der Waals surface area contributed by atoms with E-state index in [1.807, 2.05) is 24.3 Å². The van der Waals surface area contributed by atoms with E-state index in [-0.39, 0.29) is 18.9 Å². The number of nitrogens with zero attached hydrogens (tertiary/aromatic N) is 3. The normalized spacial score (nSPS) is 11.2. The lowest BCUT2D eigenvalue weighted by atomic mass is 10.2. The van der Waals surface area contributed by atoms with Crippen LogP contribution in [0.5, 0.6) is 11.5 Å². The lowest BCUT2D eigenvalue weighted by molar-refractivity contribution is -0.116. The summed E-state index contributed by atoms with van der Waals surface area (Å²) in [6.45, 7) is 0.113. The minimum absolute atomic E-state index is 0.105. The third-order valence-corrected chi connectivity index (χ3v) is 6.97. The van der Waals surface area contributed by atoms with Gasteiger partial charge in [0.2, 0.25) is 21.1 Å². The number of amides is 1. The van der Waals surface area contributed by atoms with Crippen LogP contribution in [0.1, 0.15) is 12.8 Å². The third-order valence-electron chi connectivity index (χ3n) is 4.60. The van der Waals surface area contributed by atoms with Gasteiger partial charge in [0.1, 0.15) is 16.5 Å². The van der Waals surface area contributed by atoms with Crippen molar-refractivity contribution < 1.29 is 22.7 Å². The Hall–Kier alpha value is -2.89. The highest BCUT2D eigenvalue weighted by Gasteiger charge is 2.19. The predicted molar refractivity (Wildman–Crippen MR) is 130 cm³/mol. The summed E-state index contributed by atoms with van der Waals surface area (Å²) in [5.41, 5.74) is 1.26. The van der Waals surface area contributed by atoms with E-state index in [4.69, 9.17) is 21.1 Å². The molecule has 33 heavy (non-hydrogen) atoms. The van der Waals surface area contributed by atoms with Gasteiger partial charge in [0.15, 0.2) is 0 Å². The molecule has 0 aliphatic heterocycles. The van der Waals surface area contributed by atoms with Gasteiger partial charge in [-0.2, -0.15) is 0 Å². The van der Waals surface area contributed by atoms with E-state index in [9.17, 15) is 13.2 Å². The van der Waals surface area contributed by atoms with Crippen molar-refractivity contribution in [1.29, 1.82) is 0 Å². The molecule has 0 unspecified atom stereocenters. The van der Waals surface area contributed by atoms with Crippen LogP contribution in [0.4, 0.5) is 10.8 Å². The fraction of sp³-hybridized carbons (Fsp3) is 0.286. The largest absolute Gasteiger partial charge is 0.497 e. The maximum atomic E-state index is 12.4. The molecule has 3 rings (SSSR count). The van der Waals surface area contributed by atoms with Gasteiger partial charge in [-0.15, -0.1) is 10.2 Å². The molecule has 0 aliphatic carbocycles. The number of hydrogen-bond donors (Lipinski definition) is 1. The number of hydrogen-bond acceptors (Lipinski definition) is 8. The molecule has 3 aromatic rings. The average Bonchev–Trinajstić information content (AvgIpc) is 3.24. The number of halogens is 1. The zero-order valence-corrected chi connectivity index (χ0v) is 20.6. The van der Waals surface area contributed by atoms with Crippen LogP contribution in [-0.2, 0) is 14.8 Å². The molecular weight excluding hydrogens is 488 g/mol. The number of benzene rings is 2. The van der Waals surface area contributed by atoms with Gasteiger partial charge < -0.3 is 14.8 Å². The minimum Gasteiger partial charge on any atom is -0.497 e. The second-order valence-electron chi connectivity index (χ2n) is 6.95. The van der Waals surface area contributed by atoms with E-state index in [0.29, 0.717) is 33.0 Å². The van der Waals surface area contributed by atoms with Gasteiger partial charge in [0.05, 0.1) is 31.2 Å². The fourth-order valence-corrected chi connectivity index (χ4v) is 4.96.